The summed E-state index contributed by atoms with van der Waals surface area (Å²) in [5.74, 6) is 0.593. The summed E-state index contributed by atoms with van der Waals surface area (Å²) < 4.78 is 5.04. The van der Waals surface area contributed by atoms with Crippen LogP contribution in [-0.4, -0.2) is 31.7 Å². The second kappa shape index (κ2) is 6.05. The molecule has 1 atom stereocenters. The van der Waals surface area contributed by atoms with Crippen molar-refractivity contribution in [2.75, 3.05) is 26.0 Å². The number of nitro benzene ring substituents is 1. The number of hydrogen-bond acceptors (Lipinski definition) is 5. The zero-order valence-electron chi connectivity index (χ0n) is 10.2. The molecule has 1 unspecified atom stereocenters. The Hall–Kier alpha value is -1.82. The van der Waals surface area contributed by atoms with Crippen LogP contribution in [0.25, 0.3) is 0 Å². The third kappa shape index (κ3) is 3.60. The normalized spacial score (nSPS) is 11.9. The van der Waals surface area contributed by atoms with Crippen LogP contribution in [0.2, 0.25) is 0 Å². The number of methoxy groups -OCH3 is 1. The summed E-state index contributed by atoms with van der Waals surface area (Å²) in [6, 6.07) is 4.86. The van der Waals surface area contributed by atoms with E-state index in [2.05, 4.69) is 10.6 Å². The molecule has 0 aliphatic carbocycles. The lowest BCUT2D eigenvalue weighted by molar-refractivity contribution is -0.384. The monoisotopic (exact) mass is 239 g/mol. The molecule has 0 saturated heterocycles. The summed E-state index contributed by atoms with van der Waals surface area (Å²) in [5.41, 5.74) is 0.519. The third-order valence-corrected chi connectivity index (χ3v) is 2.49. The Labute approximate surface area is 100 Å². The van der Waals surface area contributed by atoms with Gasteiger partial charge in [0.2, 0.25) is 0 Å². The summed E-state index contributed by atoms with van der Waals surface area (Å²) in [7, 11) is 3.37. The van der Waals surface area contributed by atoms with Crippen LogP contribution in [0.4, 0.5) is 11.4 Å². The Morgan fingerprint density at radius 3 is 2.76 bits per heavy atom. The molecule has 2 N–H and O–H groups in total. The summed E-state index contributed by atoms with van der Waals surface area (Å²) in [5, 5.41) is 16.9. The van der Waals surface area contributed by atoms with Crippen molar-refractivity contribution in [1.82, 2.24) is 5.32 Å². The summed E-state index contributed by atoms with van der Waals surface area (Å²) in [6.45, 7) is 2.59. The van der Waals surface area contributed by atoms with Crippen LogP contribution in [0, 0.1) is 10.1 Å². The molecule has 0 aliphatic heterocycles. The van der Waals surface area contributed by atoms with Crippen LogP contribution in [0.5, 0.6) is 5.75 Å². The molecule has 0 amide bonds. The van der Waals surface area contributed by atoms with E-state index in [9.17, 15) is 10.1 Å². The quantitative estimate of drug-likeness (QED) is 0.582. The van der Waals surface area contributed by atoms with Crippen LogP contribution in [0.15, 0.2) is 18.2 Å². The van der Waals surface area contributed by atoms with Gasteiger partial charge in [-0.05, 0) is 20.0 Å². The number of nitro groups is 1. The molecule has 1 rings (SSSR count). The number of ether oxygens (including phenoxy) is 1. The minimum atomic E-state index is -0.411. The highest BCUT2D eigenvalue weighted by Gasteiger charge is 2.14. The summed E-state index contributed by atoms with van der Waals surface area (Å²) >= 11 is 0. The van der Waals surface area contributed by atoms with Crippen molar-refractivity contribution >= 4 is 11.4 Å². The van der Waals surface area contributed by atoms with Gasteiger partial charge in [0.1, 0.15) is 11.4 Å². The minimum absolute atomic E-state index is 0.0501. The van der Waals surface area contributed by atoms with E-state index in [1.165, 1.54) is 13.2 Å². The largest absolute Gasteiger partial charge is 0.497 e. The molecule has 0 aliphatic rings. The van der Waals surface area contributed by atoms with E-state index in [1.807, 2.05) is 14.0 Å². The van der Waals surface area contributed by atoms with E-state index in [0.29, 0.717) is 18.0 Å². The Balaban J connectivity index is 2.89. The smallest absolute Gasteiger partial charge is 0.292 e. The Morgan fingerprint density at radius 1 is 1.53 bits per heavy atom. The van der Waals surface area contributed by atoms with Gasteiger partial charge in [-0.2, -0.15) is 0 Å². The van der Waals surface area contributed by atoms with Gasteiger partial charge in [0, 0.05) is 24.7 Å². The van der Waals surface area contributed by atoms with E-state index < -0.39 is 4.92 Å². The number of likely N-dealkylation sites (N-methyl/N-ethyl adjacent to an activating group) is 1. The van der Waals surface area contributed by atoms with Crippen LogP contribution < -0.4 is 15.4 Å². The standard InChI is InChI=1S/C11H17N3O3/c1-8(12-2)7-13-10-6-9(17-3)4-5-11(10)14(15)16/h4-6,8,12-13H,7H2,1-3H3. The lowest BCUT2D eigenvalue weighted by Crippen LogP contribution is -2.29. The number of nitrogens with one attached hydrogen (secondary N) is 2. The number of anilines is 1. The van der Waals surface area contributed by atoms with E-state index in [0.717, 1.165) is 0 Å². The van der Waals surface area contributed by atoms with Gasteiger partial charge in [-0.1, -0.05) is 0 Å². The lowest BCUT2D eigenvalue weighted by Gasteiger charge is -2.13. The van der Waals surface area contributed by atoms with Crippen molar-refractivity contribution in [2.24, 2.45) is 0 Å². The van der Waals surface area contributed by atoms with Gasteiger partial charge in [0.25, 0.3) is 5.69 Å². The molecule has 17 heavy (non-hydrogen) atoms. The molecule has 0 fully saturated rings. The van der Waals surface area contributed by atoms with Crippen LogP contribution in [0.1, 0.15) is 6.92 Å². The molecule has 1 aromatic rings. The topological polar surface area (TPSA) is 76.4 Å². The van der Waals surface area contributed by atoms with Crippen molar-refractivity contribution in [1.29, 1.82) is 0 Å². The van der Waals surface area contributed by atoms with Crippen molar-refractivity contribution in [3.8, 4) is 5.75 Å². The fraction of sp³-hybridized carbons (Fsp3) is 0.455. The number of nitrogens with zero attached hydrogens (tertiary/aromatic N) is 1. The van der Waals surface area contributed by atoms with Crippen LogP contribution in [0.3, 0.4) is 0 Å². The number of benzene rings is 1. The fourth-order valence-corrected chi connectivity index (χ4v) is 1.31. The molecule has 0 bridgehead atoms. The van der Waals surface area contributed by atoms with Gasteiger partial charge in [-0.3, -0.25) is 10.1 Å². The predicted octanol–water partition coefficient (Wildman–Crippen LogP) is 1.62. The van der Waals surface area contributed by atoms with Gasteiger partial charge in [-0.15, -0.1) is 0 Å². The number of rotatable bonds is 6. The molecular formula is C11H17N3O3. The molecule has 6 heteroatoms. The molecule has 0 heterocycles. The first-order chi connectivity index (χ1) is 8.08. The molecule has 94 valence electrons. The van der Waals surface area contributed by atoms with Gasteiger partial charge in [-0.25, -0.2) is 0 Å². The molecule has 6 nitrogen and oxygen atoms in total. The average molecular weight is 239 g/mol. The SMILES string of the molecule is CNC(C)CNc1cc(OC)ccc1[N+](=O)[O-]. The van der Waals surface area contributed by atoms with Gasteiger partial charge < -0.3 is 15.4 Å². The molecular weight excluding hydrogens is 222 g/mol. The second-order valence-electron chi connectivity index (χ2n) is 3.71. The zero-order chi connectivity index (χ0) is 12.8. The highest BCUT2D eigenvalue weighted by molar-refractivity contribution is 5.64. The Kier molecular flexibility index (Phi) is 4.71. The zero-order valence-corrected chi connectivity index (χ0v) is 10.2. The Morgan fingerprint density at radius 2 is 2.24 bits per heavy atom. The van der Waals surface area contributed by atoms with E-state index >= 15 is 0 Å². The van der Waals surface area contributed by atoms with Crippen molar-refractivity contribution in [3.05, 3.63) is 28.3 Å². The average Bonchev–Trinajstić information content (AvgIpc) is 2.35. The van der Waals surface area contributed by atoms with E-state index in [1.54, 1.807) is 12.1 Å². The van der Waals surface area contributed by atoms with E-state index in [4.69, 9.17) is 4.74 Å². The highest BCUT2D eigenvalue weighted by Crippen LogP contribution is 2.28. The summed E-state index contributed by atoms with van der Waals surface area (Å²) in [4.78, 5) is 10.4. The maximum atomic E-state index is 10.8. The van der Waals surface area contributed by atoms with Crippen molar-refractivity contribution < 1.29 is 9.66 Å². The van der Waals surface area contributed by atoms with Gasteiger partial charge in [0.15, 0.2) is 0 Å². The van der Waals surface area contributed by atoms with Crippen molar-refractivity contribution in [3.63, 3.8) is 0 Å². The van der Waals surface area contributed by atoms with Crippen molar-refractivity contribution in [2.45, 2.75) is 13.0 Å². The molecule has 0 radical (unpaired) electrons. The van der Waals surface area contributed by atoms with Gasteiger partial charge in [0.05, 0.1) is 12.0 Å². The Bertz CT molecular complexity index is 396. The molecule has 0 spiro atoms. The molecule has 1 aromatic carbocycles. The summed E-state index contributed by atoms with van der Waals surface area (Å²) in [6.07, 6.45) is 0. The maximum Gasteiger partial charge on any atom is 0.292 e. The van der Waals surface area contributed by atoms with Gasteiger partial charge >= 0.3 is 0 Å². The number of hydrogen-bond donors (Lipinski definition) is 2. The maximum absolute atomic E-state index is 10.8. The minimum Gasteiger partial charge on any atom is -0.497 e. The first kappa shape index (κ1) is 13.2. The van der Waals surface area contributed by atoms with Crippen LogP contribution >= 0.6 is 0 Å². The lowest BCUT2D eigenvalue weighted by atomic mass is 10.2. The third-order valence-electron chi connectivity index (χ3n) is 2.49. The molecule has 0 saturated carbocycles. The molecule has 0 aromatic heterocycles. The highest BCUT2D eigenvalue weighted by atomic mass is 16.6. The first-order valence-electron chi connectivity index (χ1n) is 5.32. The fourth-order valence-electron chi connectivity index (χ4n) is 1.31. The predicted molar refractivity (Wildman–Crippen MR) is 66.7 cm³/mol. The first-order valence-corrected chi connectivity index (χ1v) is 5.32. The second-order valence-corrected chi connectivity index (χ2v) is 3.71. The van der Waals surface area contributed by atoms with Crippen LogP contribution in [-0.2, 0) is 0 Å². The van der Waals surface area contributed by atoms with E-state index in [-0.39, 0.29) is 11.7 Å².